The Morgan fingerprint density at radius 3 is 2.86 bits per heavy atom. The van der Waals surface area contributed by atoms with Crippen molar-refractivity contribution in [1.29, 1.82) is 0 Å². The van der Waals surface area contributed by atoms with Gasteiger partial charge in [0, 0.05) is 18.0 Å². The fourth-order valence-corrected chi connectivity index (χ4v) is 5.03. The number of thiophene rings is 1. The zero-order valence-electron chi connectivity index (χ0n) is 13.0. The second-order valence-electron chi connectivity index (χ2n) is 6.50. The van der Waals surface area contributed by atoms with Crippen molar-refractivity contribution >= 4 is 21.6 Å². The van der Waals surface area contributed by atoms with Gasteiger partial charge >= 0.3 is 0 Å². The zero-order valence-corrected chi connectivity index (χ0v) is 13.8. The largest absolute Gasteiger partial charge is 0.373 e. The molecule has 1 aliphatic carbocycles. The second-order valence-corrected chi connectivity index (χ2v) is 7.59. The standard InChI is InChI=1S/C16H21N3O2S/c1-9-6-19(7-10(2)21-9)8-13-17-15(20)14-11-4-3-5-12(11)22-16(14)18-13/h9-10H,3-8H2,1-2H3,(H,17,18,20)/t9-,10-/m1/s1. The van der Waals surface area contributed by atoms with Gasteiger partial charge in [0.1, 0.15) is 10.7 Å². The first-order chi connectivity index (χ1) is 10.6. The van der Waals surface area contributed by atoms with Gasteiger partial charge in [0.15, 0.2) is 0 Å². The Morgan fingerprint density at radius 2 is 2.09 bits per heavy atom. The molecule has 0 saturated carbocycles. The molecule has 22 heavy (non-hydrogen) atoms. The van der Waals surface area contributed by atoms with Gasteiger partial charge in [-0.2, -0.15) is 0 Å². The minimum absolute atomic E-state index is 0.0359. The molecule has 0 unspecified atom stereocenters. The maximum atomic E-state index is 12.5. The van der Waals surface area contributed by atoms with E-state index in [0.717, 1.165) is 42.0 Å². The first-order valence-electron chi connectivity index (χ1n) is 8.01. The van der Waals surface area contributed by atoms with E-state index in [1.54, 1.807) is 11.3 Å². The number of hydrogen-bond donors (Lipinski definition) is 1. The number of fused-ring (bicyclic) bond motifs is 3. The Kier molecular flexibility index (Phi) is 3.55. The predicted molar refractivity (Wildman–Crippen MR) is 87.6 cm³/mol. The molecule has 0 aromatic carbocycles. The lowest BCUT2D eigenvalue weighted by atomic mass is 10.2. The highest BCUT2D eigenvalue weighted by Crippen LogP contribution is 2.34. The predicted octanol–water partition coefficient (Wildman–Crippen LogP) is 2.08. The van der Waals surface area contributed by atoms with E-state index in [-0.39, 0.29) is 17.8 Å². The number of nitrogens with one attached hydrogen (secondary N) is 1. The van der Waals surface area contributed by atoms with Crippen molar-refractivity contribution in [1.82, 2.24) is 14.9 Å². The quantitative estimate of drug-likeness (QED) is 0.921. The van der Waals surface area contributed by atoms with E-state index in [1.807, 2.05) is 0 Å². The van der Waals surface area contributed by atoms with Gasteiger partial charge in [0.25, 0.3) is 5.56 Å². The van der Waals surface area contributed by atoms with E-state index >= 15 is 0 Å². The van der Waals surface area contributed by atoms with E-state index in [4.69, 9.17) is 9.72 Å². The first-order valence-corrected chi connectivity index (χ1v) is 8.83. The number of morpholine rings is 1. The second kappa shape index (κ2) is 5.44. The van der Waals surface area contributed by atoms with Gasteiger partial charge in [-0.15, -0.1) is 11.3 Å². The number of rotatable bonds is 2. The Bertz CT molecular complexity index is 757. The number of aromatic nitrogens is 2. The van der Waals surface area contributed by atoms with Crippen LogP contribution in [-0.2, 0) is 24.1 Å². The normalized spacial score (nSPS) is 25.7. The minimum Gasteiger partial charge on any atom is -0.373 e. The van der Waals surface area contributed by atoms with E-state index in [1.165, 1.54) is 16.9 Å². The van der Waals surface area contributed by atoms with Crippen LogP contribution in [0.25, 0.3) is 10.2 Å². The molecule has 0 amide bonds. The van der Waals surface area contributed by atoms with Gasteiger partial charge in [-0.05, 0) is 38.7 Å². The minimum atomic E-state index is 0.0359. The van der Waals surface area contributed by atoms with Crippen molar-refractivity contribution in [3.05, 3.63) is 26.6 Å². The number of H-pyrrole nitrogens is 1. The summed E-state index contributed by atoms with van der Waals surface area (Å²) in [5, 5.41) is 0.838. The molecular weight excluding hydrogens is 298 g/mol. The van der Waals surface area contributed by atoms with Gasteiger partial charge in [0.05, 0.1) is 24.1 Å². The van der Waals surface area contributed by atoms with Crippen LogP contribution in [0.4, 0.5) is 0 Å². The Morgan fingerprint density at radius 1 is 1.32 bits per heavy atom. The molecule has 2 aromatic rings. The molecule has 4 rings (SSSR count). The summed E-state index contributed by atoms with van der Waals surface area (Å²) in [7, 11) is 0. The molecule has 0 spiro atoms. The molecule has 0 radical (unpaired) electrons. The van der Waals surface area contributed by atoms with Gasteiger partial charge in [-0.25, -0.2) is 4.98 Å². The van der Waals surface area contributed by atoms with Crippen molar-refractivity contribution in [3.8, 4) is 0 Å². The molecule has 1 saturated heterocycles. The first kappa shape index (κ1) is 14.4. The highest BCUT2D eigenvalue weighted by molar-refractivity contribution is 7.18. The third-order valence-electron chi connectivity index (χ3n) is 4.49. The van der Waals surface area contributed by atoms with Crippen molar-refractivity contribution in [3.63, 3.8) is 0 Å². The monoisotopic (exact) mass is 319 g/mol. The summed E-state index contributed by atoms with van der Waals surface area (Å²) in [6, 6.07) is 0. The molecule has 2 aromatic heterocycles. The summed E-state index contributed by atoms with van der Waals surface area (Å²) in [5.41, 5.74) is 1.28. The molecule has 5 nitrogen and oxygen atoms in total. The highest BCUT2D eigenvalue weighted by atomic mass is 32.1. The smallest absolute Gasteiger partial charge is 0.259 e. The maximum absolute atomic E-state index is 12.5. The molecule has 1 fully saturated rings. The molecule has 2 aliphatic rings. The number of hydrogen-bond acceptors (Lipinski definition) is 5. The lowest BCUT2D eigenvalue weighted by molar-refractivity contribution is -0.0710. The lowest BCUT2D eigenvalue weighted by Crippen LogP contribution is -2.45. The van der Waals surface area contributed by atoms with E-state index in [2.05, 4.69) is 23.7 Å². The topological polar surface area (TPSA) is 58.2 Å². The number of aryl methyl sites for hydroxylation is 2. The van der Waals surface area contributed by atoms with Crippen LogP contribution < -0.4 is 5.56 Å². The average molecular weight is 319 g/mol. The molecule has 118 valence electrons. The summed E-state index contributed by atoms with van der Waals surface area (Å²) in [6.07, 6.45) is 3.75. The summed E-state index contributed by atoms with van der Waals surface area (Å²) in [4.78, 5) is 24.8. The third kappa shape index (κ3) is 2.49. The SMILES string of the molecule is C[C@@H]1CN(Cc2nc3sc4c(c3c(=O)[nH]2)CCC4)C[C@@H](C)O1. The lowest BCUT2D eigenvalue weighted by Gasteiger charge is -2.34. The molecular formula is C16H21N3O2S. The van der Waals surface area contributed by atoms with Crippen molar-refractivity contribution in [2.24, 2.45) is 0 Å². The van der Waals surface area contributed by atoms with Crippen LogP contribution in [0.3, 0.4) is 0 Å². The Hall–Kier alpha value is -1.24. The average Bonchev–Trinajstić information content (AvgIpc) is 2.96. The Balaban J connectivity index is 1.64. The molecule has 1 N–H and O–H groups in total. The number of ether oxygens (including phenoxy) is 1. The summed E-state index contributed by atoms with van der Waals surface area (Å²) >= 11 is 1.70. The van der Waals surface area contributed by atoms with Gasteiger partial charge in [-0.3, -0.25) is 9.69 Å². The highest BCUT2D eigenvalue weighted by Gasteiger charge is 2.24. The van der Waals surface area contributed by atoms with Crippen LogP contribution >= 0.6 is 11.3 Å². The molecule has 2 atom stereocenters. The van der Waals surface area contributed by atoms with Crippen molar-refractivity contribution in [2.45, 2.75) is 51.9 Å². The van der Waals surface area contributed by atoms with Crippen LogP contribution in [0, 0.1) is 0 Å². The molecule has 6 heteroatoms. The van der Waals surface area contributed by atoms with E-state index in [9.17, 15) is 4.79 Å². The van der Waals surface area contributed by atoms with Crippen molar-refractivity contribution in [2.75, 3.05) is 13.1 Å². The van der Waals surface area contributed by atoms with Crippen molar-refractivity contribution < 1.29 is 4.74 Å². The maximum Gasteiger partial charge on any atom is 0.259 e. The zero-order chi connectivity index (χ0) is 15.3. The Labute approximate surface area is 133 Å². The fraction of sp³-hybridized carbons (Fsp3) is 0.625. The van der Waals surface area contributed by atoms with E-state index < -0.39 is 0 Å². The summed E-state index contributed by atoms with van der Waals surface area (Å²) < 4.78 is 5.76. The van der Waals surface area contributed by atoms with Crippen LogP contribution in [0.15, 0.2) is 4.79 Å². The fourth-order valence-electron chi connectivity index (χ4n) is 3.75. The van der Waals surface area contributed by atoms with Crippen LogP contribution in [0.5, 0.6) is 0 Å². The molecule has 0 bridgehead atoms. The van der Waals surface area contributed by atoms with Gasteiger partial charge in [0.2, 0.25) is 0 Å². The van der Waals surface area contributed by atoms with Crippen LogP contribution in [-0.4, -0.2) is 40.2 Å². The van der Waals surface area contributed by atoms with Crippen LogP contribution in [0.1, 0.15) is 36.5 Å². The molecule has 3 heterocycles. The third-order valence-corrected chi connectivity index (χ3v) is 5.68. The summed E-state index contributed by atoms with van der Waals surface area (Å²) in [6.45, 7) is 6.63. The number of nitrogens with zero attached hydrogens (tertiary/aromatic N) is 2. The van der Waals surface area contributed by atoms with Gasteiger partial charge in [-0.1, -0.05) is 0 Å². The number of aromatic amines is 1. The van der Waals surface area contributed by atoms with Gasteiger partial charge < -0.3 is 9.72 Å². The molecule has 1 aliphatic heterocycles. The van der Waals surface area contributed by atoms with E-state index in [0.29, 0.717) is 6.54 Å². The van der Waals surface area contributed by atoms with Crippen LogP contribution in [0.2, 0.25) is 0 Å². The summed E-state index contributed by atoms with van der Waals surface area (Å²) in [5.74, 6) is 0.777.